The van der Waals surface area contributed by atoms with Crippen LogP contribution in [0.1, 0.15) is 15.9 Å². The van der Waals surface area contributed by atoms with Crippen molar-refractivity contribution in [2.45, 2.75) is 6.18 Å². The van der Waals surface area contributed by atoms with Crippen LogP contribution in [0.4, 0.5) is 18.9 Å². The van der Waals surface area contributed by atoms with E-state index in [1.54, 1.807) is 30.3 Å². The van der Waals surface area contributed by atoms with Gasteiger partial charge in [0.1, 0.15) is 6.54 Å². The molecule has 0 bridgehead atoms. The maximum Gasteiger partial charge on any atom is 0.406 e. The van der Waals surface area contributed by atoms with Crippen LogP contribution in [0.25, 0.3) is 0 Å². The lowest BCUT2D eigenvalue weighted by molar-refractivity contribution is -0.131. The van der Waals surface area contributed by atoms with Crippen molar-refractivity contribution in [1.29, 1.82) is 0 Å². The first-order valence-corrected chi connectivity index (χ1v) is 8.55. The molecule has 0 aromatic heterocycles. The van der Waals surface area contributed by atoms with Crippen LogP contribution in [0, 0.1) is 0 Å². The molecule has 0 radical (unpaired) electrons. The molecule has 0 saturated heterocycles. The Kier molecular flexibility index (Phi) is 6.24. The van der Waals surface area contributed by atoms with Crippen LogP contribution in [0.2, 0.25) is 5.02 Å². The van der Waals surface area contributed by atoms with Gasteiger partial charge in [-0.3, -0.25) is 9.59 Å². The summed E-state index contributed by atoms with van der Waals surface area (Å²) >= 11 is 8.76. The van der Waals surface area contributed by atoms with Crippen molar-refractivity contribution >= 4 is 44.9 Å². The van der Waals surface area contributed by atoms with Crippen molar-refractivity contribution in [3.63, 3.8) is 0 Å². The maximum atomic E-state index is 12.9. The highest BCUT2D eigenvalue weighted by Crippen LogP contribution is 2.30. The summed E-state index contributed by atoms with van der Waals surface area (Å²) in [5.41, 5.74) is 0.0848. The Balaban J connectivity index is 2.56. The normalized spacial score (nSPS) is 11.2. The number of nitrogens with zero attached hydrogens (tertiary/aromatic N) is 1. The molecule has 0 saturated carbocycles. The molecule has 132 valence electrons. The average molecular weight is 435 g/mol. The molecule has 0 heterocycles. The van der Waals surface area contributed by atoms with Gasteiger partial charge in [0.15, 0.2) is 5.78 Å². The van der Waals surface area contributed by atoms with Gasteiger partial charge in [-0.05, 0) is 18.2 Å². The van der Waals surface area contributed by atoms with Gasteiger partial charge >= 0.3 is 6.18 Å². The van der Waals surface area contributed by atoms with E-state index >= 15 is 0 Å². The molecule has 0 aliphatic heterocycles. The summed E-state index contributed by atoms with van der Waals surface area (Å²) in [4.78, 5) is 25.2. The zero-order valence-electron chi connectivity index (χ0n) is 12.7. The second-order valence-corrected chi connectivity index (χ2v) is 6.08. The van der Waals surface area contributed by atoms with Crippen molar-refractivity contribution in [3.8, 4) is 0 Å². The fraction of sp³-hybridized carbons (Fsp3) is 0.176. The Morgan fingerprint density at radius 1 is 1.08 bits per heavy atom. The first kappa shape index (κ1) is 19.5. The molecule has 0 aliphatic rings. The number of ketones is 1. The van der Waals surface area contributed by atoms with Gasteiger partial charge in [0.05, 0.1) is 11.0 Å². The Bertz CT molecular complexity index is 781. The van der Waals surface area contributed by atoms with Crippen LogP contribution in [0.3, 0.4) is 0 Å². The van der Waals surface area contributed by atoms with E-state index in [0.29, 0.717) is 10.5 Å². The zero-order valence-corrected chi connectivity index (χ0v) is 15.0. The third-order valence-corrected chi connectivity index (χ3v) is 4.00. The van der Waals surface area contributed by atoms with Crippen molar-refractivity contribution in [2.75, 3.05) is 16.8 Å². The van der Waals surface area contributed by atoms with E-state index in [1.165, 1.54) is 18.2 Å². The second-order valence-electron chi connectivity index (χ2n) is 5.09. The number of anilines is 1. The quantitative estimate of drug-likeness (QED) is 0.498. The summed E-state index contributed by atoms with van der Waals surface area (Å²) in [6.07, 6.45) is -4.63. The second kappa shape index (κ2) is 8.01. The standard InChI is InChI=1S/C17H12BrClF3NO2/c18-9-15(24)23(10-17(20,21)22)14-8-12(19)6-7-13(14)16(25)11-4-2-1-3-5-11/h1-8H,9-10H2. The van der Waals surface area contributed by atoms with Gasteiger partial charge in [0.25, 0.3) is 0 Å². The van der Waals surface area contributed by atoms with Crippen LogP contribution in [-0.2, 0) is 4.79 Å². The Labute approximate surface area is 155 Å². The number of rotatable bonds is 5. The maximum absolute atomic E-state index is 12.9. The molecule has 2 aromatic carbocycles. The van der Waals surface area contributed by atoms with Gasteiger partial charge < -0.3 is 4.90 Å². The minimum absolute atomic E-state index is 0.0332. The van der Waals surface area contributed by atoms with E-state index in [1.807, 2.05) is 0 Å². The highest BCUT2D eigenvalue weighted by molar-refractivity contribution is 9.09. The summed E-state index contributed by atoms with van der Waals surface area (Å²) in [7, 11) is 0. The van der Waals surface area contributed by atoms with Crippen molar-refractivity contribution < 1.29 is 22.8 Å². The molecular weight excluding hydrogens is 423 g/mol. The summed E-state index contributed by atoms with van der Waals surface area (Å²) in [5, 5.41) is -0.205. The van der Waals surface area contributed by atoms with E-state index < -0.39 is 24.4 Å². The van der Waals surface area contributed by atoms with E-state index in [-0.39, 0.29) is 21.6 Å². The minimum Gasteiger partial charge on any atom is -0.302 e. The fourth-order valence-corrected chi connectivity index (χ4v) is 2.69. The van der Waals surface area contributed by atoms with Gasteiger partial charge in [0, 0.05) is 16.1 Å². The summed E-state index contributed by atoms with van der Waals surface area (Å²) in [6, 6.07) is 12.0. The van der Waals surface area contributed by atoms with Crippen molar-refractivity contribution in [1.82, 2.24) is 0 Å². The lowest BCUT2D eigenvalue weighted by Gasteiger charge is -2.25. The Hall–Kier alpha value is -1.86. The molecule has 0 aliphatic carbocycles. The third kappa shape index (κ3) is 5.06. The number of carbonyl (C=O) groups is 2. The smallest absolute Gasteiger partial charge is 0.302 e. The molecular formula is C17H12BrClF3NO2. The van der Waals surface area contributed by atoms with Crippen molar-refractivity contribution in [3.05, 3.63) is 64.7 Å². The number of hydrogen-bond donors (Lipinski definition) is 0. The molecule has 0 N–H and O–H groups in total. The van der Waals surface area contributed by atoms with Crippen molar-refractivity contribution in [2.24, 2.45) is 0 Å². The lowest BCUT2D eigenvalue weighted by Crippen LogP contribution is -2.40. The van der Waals surface area contributed by atoms with Gasteiger partial charge in [-0.1, -0.05) is 57.9 Å². The number of alkyl halides is 4. The molecule has 2 aromatic rings. The first-order chi connectivity index (χ1) is 11.7. The Morgan fingerprint density at radius 3 is 2.28 bits per heavy atom. The van der Waals surface area contributed by atoms with Crippen LogP contribution >= 0.6 is 27.5 Å². The molecule has 2 rings (SSSR count). The summed E-state index contributed by atoms with van der Waals surface area (Å²) < 4.78 is 38.8. The number of benzene rings is 2. The molecule has 0 unspecified atom stereocenters. The molecule has 8 heteroatoms. The highest BCUT2D eigenvalue weighted by atomic mass is 79.9. The van der Waals surface area contributed by atoms with Gasteiger partial charge in [-0.2, -0.15) is 13.2 Å². The van der Waals surface area contributed by atoms with Crippen LogP contribution < -0.4 is 4.90 Å². The number of carbonyl (C=O) groups excluding carboxylic acids is 2. The minimum atomic E-state index is -4.63. The molecule has 0 fully saturated rings. The molecule has 25 heavy (non-hydrogen) atoms. The van der Waals surface area contributed by atoms with Gasteiger partial charge in [0.2, 0.25) is 5.91 Å². The highest BCUT2D eigenvalue weighted by Gasteiger charge is 2.35. The lowest BCUT2D eigenvalue weighted by atomic mass is 10.0. The predicted octanol–water partition coefficient (Wildman–Crippen LogP) is 4.86. The van der Waals surface area contributed by atoms with Crippen LogP contribution in [-0.4, -0.2) is 29.7 Å². The van der Waals surface area contributed by atoms with Gasteiger partial charge in [-0.15, -0.1) is 0 Å². The molecule has 1 amide bonds. The third-order valence-electron chi connectivity index (χ3n) is 3.28. The average Bonchev–Trinajstić information content (AvgIpc) is 2.58. The van der Waals surface area contributed by atoms with E-state index in [4.69, 9.17) is 11.6 Å². The van der Waals surface area contributed by atoms with E-state index in [2.05, 4.69) is 15.9 Å². The Morgan fingerprint density at radius 2 is 1.72 bits per heavy atom. The number of hydrogen-bond acceptors (Lipinski definition) is 2. The summed E-state index contributed by atoms with van der Waals surface area (Å²) in [6.45, 7) is -1.52. The predicted molar refractivity (Wildman–Crippen MR) is 93.5 cm³/mol. The monoisotopic (exact) mass is 433 g/mol. The topological polar surface area (TPSA) is 37.4 Å². The van der Waals surface area contributed by atoms with E-state index in [9.17, 15) is 22.8 Å². The van der Waals surface area contributed by atoms with Crippen LogP contribution in [0.15, 0.2) is 48.5 Å². The van der Waals surface area contributed by atoms with E-state index in [0.717, 1.165) is 0 Å². The zero-order chi connectivity index (χ0) is 18.6. The number of halogens is 5. The fourth-order valence-electron chi connectivity index (χ4n) is 2.22. The van der Waals surface area contributed by atoms with Crippen LogP contribution in [0.5, 0.6) is 0 Å². The molecule has 0 atom stereocenters. The number of amides is 1. The molecule has 3 nitrogen and oxygen atoms in total. The first-order valence-electron chi connectivity index (χ1n) is 7.05. The molecule has 0 spiro atoms. The largest absolute Gasteiger partial charge is 0.406 e. The summed E-state index contributed by atoms with van der Waals surface area (Å²) in [5.74, 6) is -1.33. The SMILES string of the molecule is O=C(c1ccccc1)c1ccc(Cl)cc1N(CC(F)(F)F)C(=O)CBr. The van der Waals surface area contributed by atoms with Gasteiger partial charge in [-0.25, -0.2) is 0 Å².